The Bertz CT molecular complexity index is 960. The van der Waals surface area contributed by atoms with E-state index in [4.69, 9.17) is 0 Å². The average molecular weight is 354 g/mol. The predicted molar refractivity (Wildman–Crippen MR) is 95.9 cm³/mol. The Labute approximate surface area is 149 Å². The van der Waals surface area contributed by atoms with Crippen LogP contribution in [0.15, 0.2) is 59.8 Å². The van der Waals surface area contributed by atoms with Crippen LogP contribution in [0.3, 0.4) is 0 Å². The van der Waals surface area contributed by atoms with Crippen LogP contribution in [-0.4, -0.2) is 26.6 Å². The third-order valence-electron chi connectivity index (χ3n) is 4.06. The molecule has 0 radical (unpaired) electrons. The van der Waals surface area contributed by atoms with Gasteiger partial charge < -0.3 is 9.88 Å². The highest BCUT2D eigenvalue weighted by Gasteiger charge is 2.08. The van der Waals surface area contributed by atoms with Crippen LogP contribution in [0.4, 0.5) is 4.39 Å². The Morgan fingerprint density at radius 2 is 1.96 bits per heavy atom. The maximum atomic E-state index is 13.1. The van der Waals surface area contributed by atoms with E-state index >= 15 is 0 Å². The molecule has 0 aliphatic rings. The van der Waals surface area contributed by atoms with Crippen molar-refractivity contribution in [1.29, 1.82) is 0 Å². The van der Waals surface area contributed by atoms with Gasteiger partial charge in [0.1, 0.15) is 11.6 Å². The molecular formula is C19H19FN4O2. The lowest BCUT2D eigenvalue weighted by Crippen LogP contribution is -2.27. The SMILES string of the molecule is Cc1nccn1CCCNC(=O)c1ccc(=O)n(-c2ccc(F)cc2)c1. The van der Waals surface area contributed by atoms with Crippen LogP contribution >= 0.6 is 0 Å². The van der Waals surface area contributed by atoms with Gasteiger partial charge in [-0.1, -0.05) is 0 Å². The summed E-state index contributed by atoms with van der Waals surface area (Å²) in [6, 6.07) is 8.34. The molecule has 2 heterocycles. The summed E-state index contributed by atoms with van der Waals surface area (Å²) in [7, 11) is 0. The van der Waals surface area contributed by atoms with Gasteiger partial charge in [-0.2, -0.15) is 0 Å². The van der Waals surface area contributed by atoms with E-state index in [0.29, 0.717) is 17.8 Å². The van der Waals surface area contributed by atoms with Crippen molar-refractivity contribution in [1.82, 2.24) is 19.4 Å². The maximum absolute atomic E-state index is 13.1. The second-order valence-electron chi connectivity index (χ2n) is 5.88. The van der Waals surface area contributed by atoms with Crippen LogP contribution in [0, 0.1) is 12.7 Å². The van der Waals surface area contributed by atoms with E-state index in [1.807, 2.05) is 17.7 Å². The summed E-state index contributed by atoms with van der Waals surface area (Å²) in [5, 5.41) is 2.84. The highest BCUT2D eigenvalue weighted by Crippen LogP contribution is 2.08. The summed E-state index contributed by atoms with van der Waals surface area (Å²) in [6.07, 6.45) is 5.87. The number of aromatic nitrogens is 3. The van der Waals surface area contributed by atoms with E-state index in [-0.39, 0.29) is 17.3 Å². The molecule has 6 nitrogen and oxygen atoms in total. The minimum atomic E-state index is -0.385. The number of rotatable bonds is 6. The lowest BCUT2D eigenvalue weighted by atomic mass is 10.2. The number of amides is 1. The third-order valence-corrected chi connectivity index (χ3v) is 4.06. The highest BCUT2D eigenvalue weighted by atomic mass is 19.1. The summed E-state index contributed by atoms with van der Waals surface area (Å²) in [6.45, 7) is 3.20. The van der Waals surface area contributed by atoms with Crippen molar-refractivity contribution < 1.29 is 9.18 Å². The Hall–Kier alpha value is -3.22. The fourth-order valence-corrected chi connectivity index (χ4v) is 2.62. The number of halogens is 1. The summed E-state index contributed by atoms with van der Waals surface area (Å²) >= 11 is 0. The molecular weight excluding hydrogens is 335 g/mol. The molecule has 0 atom stereocenters. The molecule has 2 aromatic heterocycles. The summed E-state index contributed by atoms with van der Waals surface area (Å²) in [5.41, 5.74) is 0.582. The standard InChI is InChI=1S/C19H19FN4O2/c1-14-21-10-12-23(14)11-2-9-22-19(26)15-3-8-18(25)24(13-15)17-6-4-16(20)5-7-17/h3-8,10,12-13H,2,9,11H2,1H3,(H,22,26). The highest BCUT2D eigenvalue weighted by molar-refractivity contribution is 5.93. The molecule has 0 bridgehead atoms. The second kappa shape index (κ2) is 7.77. The van der Waals surface area contributed by atoms with Gasteiger partial charge in [0.25, 0.3) is 11.5 Å². The smallest absolute Gasteiger partial charge is 0.255 e. The monoisotopic (exact) mass is 354 g/mol. The average Bonchev–Trinajstić information content (AvgIpc) is 3.05. The van der Waals surface area contributed by atoms with E-state index in [1.165, 1.54) is 47.2 Å². The van der Waals surface area contributed by atoms with Crippen LogP contribution in [-0.2, 0) is 6.54 Å². The first kappa shape index (κ1) is 17.6. The fourth-order valence-electron chi connectivity index (χ4n) is 2.62. The van der Waals surface area contributed by atoms with Crippen molar-refractivity contribution in [2.45, 2.75) is 19.9 Å². The van der Waals surface area contributed by atoms with Gasteiger partial charge >= 0.3 is 0 Å². The first-order valence-corrected chi connectivity index (χ1v) is 8.29. The number of carbonyl (C=O) groups is 1. The van der Waals surface area contributed by atoms with Crippen molar-refractivity contribution in [2.24, 2.45) is 0 Å². The Balaban J connectivity index is 1.64. The number of aryl methyl sites for hydroxylation is 2. The van der Waals surface area contributed by atoms with Crippen molar-refractivity contribution in [2.75, 3.05) is 6.54 Å². The van der Waals surface area contributed by atoms with Crippen LogP contribution in [0.1, 0.15) is 22.6 Å². The molecule has 1 aromatic carbocycles. The number of nitrogens with one attached hydrogen (secondary N) is 1. The number of nitrogens with zero attached hydrogens (tertiary/aromatic N) is 3. The van der Waals surface area contributed by atoms with E-state index in [1.54, 1.807) is 6.20 Å². The molecule has 26 heavy (non-hydrogen) atoms. The number of hydrogen-bond donors (Lipinski definition) is 1. The molecule has 0 aliphatic heterocycles. The second-order valence-corrected chi connectivity index (χ2v) is 5.88. The number of hydrogen-bond acceptors (Lipinski definition) is 3. The zero-order valence-electron chi connectivity index (χ0n) is 14.4. The number of imidazole rings is 1. The van der Waals surface area contributed by atoms with Crippen molar-refractivity contribution in [3.63, 3.8) is 0 Å². The minimum Gasteiger partial charge on any atom is -0.352 e. The van der Waals surface area contributed by atoms with Crippen molar-refractivity contribution >= 4 is 5.91 Å². The van der Waals surface area contributed by atoms with E-state index in [9.17, 15) is 14.0 Å². The van der Waals surface area contributed by atoms with Gasteiger partial charge in [0.2, 0.25) is 0 Å². The van der Waals surface area contributed by atoms with Gasteiger partial charge in [-0.15, -0.1) is 0 Å². The Kier molecular flexibility index (Phi) is 5.26. The molecule has 1 N–H and O–H groups in total. The van der Waals surface area contributed by atoms with Gasteiger partial charge in [-0.3, -0.25) is 14.2 Å². The normalized spacial score (nSPS) is 10.7. The van der Waals surface area contributed by atoms with Gasteiger partial charge in [0.15, 0.2) is 0 Å². The molecule has 7 heteroatoms. The minimum absolute atomic E-state index is 0.261. The van der Waals surface area contributed by atoms with E-state index in [0.717, 1.165) is 18.8 Å². The summed E-state index contributed by atoms with van der Waals surface area (Å²) in [5.74, 6) is 0.287. The van der Waals surface area contributed by atoms with Gasteiger partial charge in [0.05, 0.1) is 5.56 Å². The molecule has 134 valence electrons. The van der Waals surface area contributed by atoms with Crippen LogP contribution in [0.25, 0.3) is 5.69 Å². The molecule has 0 unspecified atom stereocenters. The van der Waals surface area contributed by atoms with E-state index in [2.05, 4.69) is 10.3 Å². The molecule has 3 aromatic rings. The number of pyridine rings is 1. The first-order chi connectivity index (χ1) is 12.5. The zero-order valence-corrected chi connectivity index (χ0v) is 14.4. The number of benzene rings is 1. The molecule has 3 rings (SSSR count). The van der Waals surface area contributed by atoms with Crippen LogP contribution < -0.4 is 10.9 Å². The molecule has 1 amide bonds. The van der Waals surface area contributed by atoms with Gasteiger partial charge in [-0.05, 0) is 43.7 Å². The summed E-state index contributed by atoms with van der Waals surface area (Å²) < 4.78 is 16.4. The molecule has 0 spiro atoms. The fraction of sp³-hybridized carbons (Fsp3) is 0.211. The van der Waals surface area contributed by atoms with Crippen LogP contribution in [0.2, 0.25) is 0 Å². The topological polar surface area (TPSA) is 68.9 Å². The zero-order chi connectivity index (χ0) is 18.5. The van der Waals surface area contributed by atoms with Gasteiger partial charge in [-0.25, -0.2) is 9.37 Å². The molecule has 0 aliphatic carbocycles. The molecule has 0 saturated heterocycles. The molecule has 0 fully saturated rings. The predicted octanol–water partition coefficient (Wildman–Crippen LogP) is 2.30. The Morgan fingerprint density at radius 3 is 2.65 bits per heavy atom. The quantitative estimate of drug-likeness (QED) is 0.691. The third kappa shape index (κ3) is 4.05. The van der Waals surface area contributed by atoms with Crippen molar-refractivity contribution in [3.8, 4) is 5.69 Å². The lowest BCUT2D eigenvalue weighted by Gasteiger charge is -2.10. The largest absolute Gasteiger partial charge is 0.352 e. The van der Waals surface area contributed by atoms with Crippen molar-refractivity contribution in [3.05, 3.63) is 82.5 Å². The summed E-state index contributed by atoms with van der Waals surface area (Å²) in [4.78, 5) is 28.5. The number of carbonyl (C=O) groups excluding carboxylic acids is 1. The van der Waals surface area contributed by atoms with Gasteiger partial charge in [0, 0.05) is 43.4 Å². The maximum Gasteiger partial charge on any atom is 0.255 e. The lowest BCUT2D eigenvalue weighted by molar-refractivity contribution is 0.0952. The first-order valence-electron chi connectivity index (χ1n) is 8.29. The Morgan fingerprint density at radius 1 is 1.19 bits per heavy atom. The van der Waals surface area contributed by atoms with Crippen LogP contribution in [0.5, 0.6) is 0 Å². The molecule has 0 saturated carbocycles. The van der Waals surface area contributed by atoms with E-state index < -0.39 is 0 Å².